The molecule has 0 aliphatic carbocycles. The number of carbonyl (C=O) groups excluding carboxylic acids is 2. The molecule has 0 spiro atoms. The van der Waals surface area contributed by atoms with Crippen LogP contribution in [0.4, 0.5) is 0 Å². The van der Waals surface area contributed by atoms with E-state index in [2.05, 4.69) is 112 Å². The average Bonchev–Trinajstić information content (AvgIpc) is 3.25. The molecule has 0 radical (unpaired) electrons. The second kappa shape index (κ2) is 50.2. The van der Waals surface area contributed by atoms with Gasteiger partial charge in [-0.25, -0.2) is 0 Å². The molecular formula is C55H92O5. The van der Waals surface area contributed by atoms with Gasteiger partial charge in [-0.05, 0) is 83.5 Å². The number of allylic oxidation sites excluding steroid dienone is 16. The SMILES string of the molecule is CC/C=C\C/C=C\C/C=C\C/C=C\C/C=C\C/C=C\CCC(=O)OCC(COCCCCCCCC/C=C\C/C=C\CCC)OC(=O)CCCCCCCCCCCCC. The van der Waals surface area contributed by atoms with Crippen LogP contribution < -0.4 is 0 Å². The number of hydrogen-bond donors (Lipinski definition) is 0. The van der Waals surface area contributed by atoms with Gasteiger partial charge in [0.15, 0.2) is 6.10 Å². The second-order valence-corrected chi connectivity index (χ2v) is 16.0. The minimum atomic E-state index is -0.574. The molecule has 5 nitrogen and oxygen atoms in total. The minimum Gasteiger partial charge on any atom is -0.462 e. The average molecular weight is 833 g/mol. The number of hydrogen-bond acceptors (Lipinski definition) is 5. The smallest absolute Gasteiger partial charge is 0.306 e. The van der Waals surface area contributed by atoms with E-state index in [4.69, 9.17) is 14.2 Å². The van der Waals surface area contributed by atoms with Gasteiger partial charge in [-0.1, -0.05) is 214 Å². The van der Waals surface area contributed by atoms with Gasteiger partial charge in [0.05, 0.1) is 6.61 Å². The third-order valence-corrected chi connectivity index (χ3v) is 10.1. The molecule has 0 saturated heterocycles. The third kappa shape index (κ3) is 47.5. The normalized spacial score (nSPS) is 13.1. The van der Waals surface area contributed by atoms with Crippen LogP contribution in [0.15, 0.2) is 97.2 Å². The molecule has 1 unspecified atom stereocenters. The van der Waals surface area contributed by atoms with Crippen molar-refractivity contribution < 1.29 is 23.8 Å². The molecule has 0 N–H and O–H groups in total. The summed E-state index contributed by atoms with van der Waals surface area (Å²) < 4.78 is 17.3. The van der Waals surface area contributed by atoms with Gasteiger partial charge in [0.1, 0.15) is 6.61 Å². The van der Waals surface area contributed by atoms with Gasteiger partial charge in [-0.2, -0.15) is 0 Å². The summed E-state index contributed by atoms with van der Waals surface area (Å²) in [5.74, 6) is -0.503. The van der Waals surface area contributed by atoms with E-state index in [-0.39, 0.29) is 25.2 Å². The Hall–Kier alpha value is -3.18. The Morgan fingerprint density at radius 3 is 1.33 bits per heavy atom. The van der Waals surface area contributed by atoms with Crippen LogP contribution in [0.2, 0.25) is 0 Å². The Bertz CT molecular complexity index is 1170. The topological polar surface area (TPSA) is 61.8 Å². The van der Waals surface area contributed by atoms with Crippen molar-refractivity contribution in [1.82, 2.24) is 0 Å². The Labute approximate surface area is 371 Å². The monoisotopic (exact) mass is 833 g/mol. The number of ether oxygens (including phenoxy) is 3. The van der Waals surface area contributed by atoms with Crippen LogP contribution in [-0.2, 0) is 23.8 Å². The van der Waals surface area contributed by atoms with Crippen molar-refractivity contribution in [1.29, 1.82) is 0 Å². The molecule has 342 valence electrons. The molecule has 0 aliphatic rings. The molecule has 1 atom stereocenters. The van der Waals surface area contributed by atoms with Crippen molar-refractivity contribution in [3.8, 4) is 0 Å². The summed E-state index contributed by atoms with van der Waals surface area (Å²) in [7, 11) is 0. The van der Waals surface area contributed by atoms with Gasteiger partial charge in [-0.15, -0.1) is 0 Å². The number of carbonyl (C=O) groups is 2. The Morgan fingerprint density at radius 1 is 0.383 bits per heavy atom. The first-order valence-electron chi connectivity index (χ1n) is 24.8. The van der Waals surface area contributed by atoms with Crippen LogP contribution in [0.5, 0.6) is 0 Å². The van der Waals surface area contributed by atoms with Crippen molar-refractivity contribution in [2.75, 3.05) is 19.8 Å². The molecular weight excluding hydrogens is 741 g/mol. The molecule has 0 aromatic rings. The molecule has 0 rings (SSSR count). The van der Waals surface area contributed by atoms with Crippen LogP contribution in [0.1, 0.15) is 213 Å². The number of rotatable bonds is 44. The molecule has 0 aromatic heterocycles. The second-order valence-electron chi connectivity index (χ2n) is 16.0. The molecule has 5 heteroatoms. The first-order valence-corrected chi connectivity index (χ1v) is 24.8. The maximum atomic E-state index is 12.7. The third-order valence-electron chi connectivity index (χ3n) is 10.1. The van der Waals surface area contributed by atoms with Crippen LogP contribution in [0, 0.1) is 0 Å². The van der Waals surface area contributed by atoms with Crippen molar-refractivity contribution in [2.45, 2.75) is 219 Å². The first-order chi connectivity index (χ1) is 29.6. The highest BCUT2D eigenvalue weighted by Gasteiger charge is 2.17. The van der Waals surface area contributed by atoms with Gasteiger partial charge in [-0.3, -0.25) is 9.59 Å². The summed E-state index contributed by atoms with van der Waals surface area (Å²) in [6.07, 6.45) is 67.1. The Morgan fingerprint density at radius 2 is 0.817 bits per heavy atom. The fraction of sp³-hybridized carbons (Fsp3) is 0.673. The summed E-state index contributed by atoms with van der Waals surface area (Å²) in [6.45, 7) is 7.54. The van der Waals surface area contributed by atoms with Crippen LogP contribution in [0.3, 0.4) is 0 Å². The standard InChI is InChI=1S/C55H92O5/c1-4-7-10-13-16-19-22-24-26-27-28-29-30-31-34-36-39-42-45-48-54(56)59-52-53(60-55(57)49-46-43-40-37-33-21-18-15-12-9-6-3)51-58-50-47-44-41-38-35-32-25-23-20-17-14-11-8-5-2/h7,10-11,14,16,19-20,23-24,26,28-29,31,34,39,42,53H,4-6,8-9,12-13,15,17-18,21-22,25,27,30,32-33,35-38,40-41,43-52H2,1-3H3/b10-7-,14-11-,19-16-,23-20-,26-24-,29-28-,34-31-,42-39-. The van der Waals surface area contributed by atoms with Gasteiger partial charge >= 0.3 is 11.9 Å². The quantitative estimate of drug-likeness (QED) is 0.0348. The Balaban J connectivity index is 4.38. The lowest BCUT2D eigenvalue weighted by molar-refractivity contribution is -0.162. The summed E-state index contributed by atoms with van der Waals surface area (Å²) in [6, 6.07) is 0. The van der Waals surface area contributed by atoms with E-state index in [0.29, 0.717) is 25.9 Å². The Kier molecular flexibility index (Phi) is 47.5. The zero-order valence-electron chi connectivity index (χ0n) is 39.2. The lowest BCUT2D eigenvalue weighted by Gasteiger charge is -2.18. The summed E-state index contributed by atoms with van der Waals surface area (Å²) >= 11 is 0. The van der Waals surface area contributed by atoms with E-state index in [0.717, 1.165) is 83.5 Å². The first kappa shape index (κ1) is 56.8. The van der Waals surface area contributed by atoms with Crippen molar-refractivity contribution in [3.63, 3.8) is 0 Å². The molecule has 0 fully saturated rings. The maximum absolute atomic E-state index is 12.7. The molecule has 0 amide bonds. The van der Waals surface area contributed by atoms with Gasteiger partial charge < -0.3 is 14.2 Å². The maximum Gasteiger partial charge on any atom is 0.306 e. The lowest BCUT2D eigenvalue weighted by Crippen LogP contribution is -2.30. The van der Waals surface area contributed by atoms with Crippen molar-refractivity contribution in [2.24, 2.45) is 0 Å². The lowest BCUT2D eigenvalue weighted by atomic mass is 10.1. The molecule has 0 saturated carbocycles. The van der Waals surface area contributed by atoms with E-state index >= 15 is 0 Å². The van der Waals surface area contributed by atoms with Crippen molar-refractivity contribution >= 4 is 11.9 Å². The van der Waals surface area contributed by atoms with E-state index in [1.165, 1.54) is 89.9 Å². The number of esters is 2. The summed E-state index contributed by atoms with van der Waals surface area (Å²) in [4.78, 5) is 25.3. The fourth-order valence-electron chi connectivity index (χ4n) is 6.45. The van der Waals surface area contributed by atoms with Gasteiger partial charge in [0, 0.05) is 19.4 Å². The molecule has 60 heavy (non-hydrogen) atoms. The summed E-state index contributed by atoms with van der Waals surface area (Å²) in [5.41, 5.74) is 0. The highest BCUT2D eigenvalue weighted by molar-refractivity contribution is 5.70. The number of unbranched alkanes of at least 4 members (excludes halogenated alkanes) is 17. The van der Waals surface area contributed by atoms with E-state index < -0.39 is 6.10 Å². The van der Waals surface area contributed by atoms with Crippen molar-refractivity contribution in [3.05, 3.63) is 97.2 Å². The fourth-order valence-corrected chi connectivity index (χ4v) is 6.45. The zero-order valence-corrected chi connectivity index (χ0v) is 39.2. The molecule has 0 heterocycles. The molecule has 0 aliphatic heterocycles. The predicted octanol–water partition coefficient (Wildman–Crippen LogP) is 16.7. The summed E-state index contributed by atoms with van der Waals surface area (Å²) in [5, 5.41) is 0. The highest BCUT2D eigenvalue weighted by Crippen LogP contribution is 2.13. The molecule has 0 aromatic carbocycles. The highest BCUT2D eigenvalue weighted by atomic mass is 16.6. The zero-order chi connectivity index (χ0) is 43.5. The molecule has 0 bridgehead atoms. The van der Waals surface area contributed by atoms with Crippen LogP contribution in [0.25, 0.3) is 0 Å². The largest absolute Gasteiger partial charge is 0.462 e. The van der Waals surface area contributed by atoms with Crippen LogP contribution in [-0.4, -0.2) is 37.9 Å². The van der Waals surface area contributed by atoms with Crippen LogP contribution >= 0.6 is 0 Å². The van der Waals surface area contributed by atoms with E-state index in [1.807, 2.05) is 6.08 Å². The van der Waals surface area contributed by atoms with Gasteiger partial charge in [0.25, 0.3) is 0 Å². The predicted molar refractivity (Wildman–Crippen MR) is 260 cm³/mol. The minimum absolute atomic E-state index is 0.0378. The van der Waals surface area contributed by atoms with E-state index in [1.54, 1.807) is 0 Å². The van der Waals surface area contributed by atoms with E-state index in [9.17, 15) is 9.59 Å². The van der Waals surface area contributed by atoms with Gasteiger partial charge in [0.2, 0.25) is 0 Å².